The molecule has 2 rings (SSSR count). The van der Waals surface area contributed by atoms with E-state index in [0.717, 1.165) is 12.8 Å². The quantitative estimate of drug-likeness (QED) is 0.795. The summed E-state index contributed by atoms with van der Waals surface area (Å²) in [5.41, 5.74) is 3.05. The smallest absolute Gasteiger partial charge is 0.329 e. The van der Waals surface area contributed by atoms with Crippen molar-refractivity contribution in [2.24, 2.45) is 0 Å². The maximum absolute atomic E-state index is 12.0. The van der Waals surface area contributed by atoms with E-state index in [2.05, 4.69) is 29.6 Å². The van der Waals surface area contributed by atoms with Crippen LogP contribution in [0.25, 0.3) is 0 Å². The molecule has 1 aliphatic heterocycles. The highest BCUT2D eigenvalue weighted by atomic mass is 16.2. The molecular formula is C14H27N3O. The Morgan fingerprint density at radius 2 is 1.56 bits per heavy atom. The van der Waals surface area contributed by atoms with Crippen molar-refractivity contribution in [2.45, 2.75) is 83.3 Å². The molecule has 4 heteroatoms. The second-order valence-electron chi connectivity index (χ2n) is 5.96. The fourth-order valence-corrected chi connectivity index (χ4v) is 3.22. The van der Waals surface area contributed by atoms with Gasteiger partial charge in [-0.15, -0.1) is 0 Å². The van der Waals surface area contributed by atoms with Crippen molar-refractivity contribution in [2.75, 3.05) is 0 Å². The fourth-order valence-electron chi connectivity index (χ4n) is 3.22. The lowest BCUT2D eigenvalue weighted by molar-refractivity contribution is 0.0585. The van der Waals surface area contributed by atoms with E-state index in [0.29, 0.717) is 18.1 Å². The minimum Gasteiger partial charge on any atom is -0.334 e. The number of hydrogen-bond acceptors (Lipinski definition) is 2. The Morgan fingerprint density at radius 1 is 0.944 bits per heavy atom. The van der Waals surface area contributed by atoms with Gasteiger partial charge in [0.05, 0.1) is 0 Å². The first-order valence-corrected chi connectivity index (χ1v) is 7.52. The van der Waals surface area contributed by atoms with Gasteiger partial charge in [0.25, 0.3) is 0 Å². The highest BCUT2D eigenvalue weighted by molar-refractivity contribution is 5.73. The number of piperidine rings is 1. The number of nitrogens with zero attached hydrogens (tertiary/aromatic N) is 1. The number of nitrogens with one attached hydrogen (secondary N) is 2. The molecule has 0 aromatic heterocycles. The highest BCUT2D eigenvalue weighted by Crippen LogP contribution is 2.20. The van der Waals surface area contributed by atoms with Crippen molar-refractivity contribution in [3.05, 3.63) is 0 Å². The van der Waals surface area contributed by atoms with Gasteiger partial charge < -0.3 is 5.32 Å². The third-order valence-corrected chi connectivity index (χ3v) is 4.36. The van der Waals surface area contributed by atoms with Gasteiger partial charge in [-0.3, -0.25) is 5.43 Å². The molecule has 104 valence electrons. The zero-order valence-electron chi connectivity index (χ0n) is 11.7. The molecule has 1 heterocycles. The van der Waals surface area contributed by atoms with Crippen molar-refractivity contribution in [1.82, 2.24) is 15.8 Å². The zero-order chi connectivity index (χ0) is 13.0. The largest absolute Gasteiger partial charge is 0.334 e. The summed E-state index contributed by atoms with van der Waals surface area (Å²) in [6, 6.07) is 1.27. The zero-order valence-corrected chi connectivity index (χ0v) is 11.7. The Balaban J connectivity index is 1.78. The van der Waals surface area contributed by atoms with Crippen LogP contribution >= 0.6 is 0 Å². The van der Waals surface area contributed by atoms with Crippen LogP contribution in [0.4, 0.5) is 4.79 Å². The summed E-state index contributed by atoms with van der Waals surface area (Å²) in [7, 11) is 0. The summed E-state index contributed by atoms with van der Waals surface area (Å²) in [6.07, 6.45) is 9.72. The maximum atomic E-state index is 12.0. The molecular weight excluding hydrogens is 226 g/mol. The molecule has 2 atom stereocenters. The molecule has 2 fully saturated rings. The Hall–Kier alpha value is -0.770. The predicted octanol–water partition coefficient (Wildman–Crippen LogP) is 2.80. The Labute approximate surface area is 110 Å². The fraction of sp³-hybridized carbons (Fsp3) is 0.929. The SMILES string of the molecule is CC1CCCC(C)N1NC(=O)NC1CCCCC1. The topological polar surface area (TPSA) is 44.4 Å². The van der Waals surface area contributed by atoms with Crippen LogP contribution in [-0.2, 0) is 0 Å². The van der Waals surface area contributed by atoms with Crippen LogP contribution in [0, 0.1) is 0 Å². The number of hydrogen-bond donors (Lipinski definition) is 2. The number of carbonyl (C=O) groups is 1. The van der Waals surface area contributed by atoms with Crippen LogP contribution in [0.5, 0.6) is 0 Å². The monoisotopic (exact) mass is 253 g/mol. The molecule has 1 aliphatic carbocycles. The molecule has 1 saturated carbocycles. The second kappa shape index (κ2) is 6.41. The molecule has 2 unspecified atom stereocenters. The third-order valence-electron chi connectivity index (χ3n) is 4.36. The van der Waals surface area contributed by atoms with Crippen LogP contribution in [0.1, 0.15) is 65.2 Å². The van der Waals surface area contributed by atoms with E-state index < -0.39 is 0 Å². The average Bonchev–Trinajstić information content (AvgIpc) is 2.35. The molecule has 0 aromatic carbocycles. The molecule has 4 nitrogen and oxygen atoms in total. The Bertz CT molecular complexity index is 266. The number of rotatable bonds is 2. The van der Waals surface area contributed by atoms with E-state index in [9.17, 15) is 4.79 Å². The van der Waals surface area contributed by atoms with E-state index in [1.807, 2.05) is 0 Å². The lowest BCUT2D eigenvalue weighted by Crippen LogP contribution is -2.57. The normalized spacial score (nSPS) is 31.0. The van der Waals surface area contributed by atoms with Gasteiger partial charge in [0, 0.05) is 18.1 Å². The van der Waals surface area contributed by atoms with Gasteiger partial charge in [0.15, 0.2) is 0 Å². The number of urea groups is 1. The summed E-state index contributed by atoms with van der Waals surface area (Å²) in [4.78, 5) is 12.0. The van der Waals surface area contributed by atoms with Crippen molar-refractivity contribution in [1.29, 1.82) is 0 Å². The lowest BCUT2D eigenvalue weighted by atomic mass is 9.96. The van der Waals surface area contributed by atoms with E-state index >= 15 is 0 Å². The standard InChI is InChI=1S/C14H27N3O/c1-11-7-6-8-12(2)17(11)16-14(18)15-13-9-4-3-5-10-13/h11-13H,3-10H2,1-2H3,(H2,15,16,18). The molecule has 18 heavy (non-hydrogen) atoms. The molecule has 0 aromatic rings. The Morgan fingerprint density at radius 3 is 2.17 bits per heavy atom. The second-order valence-corrected chi connectivity index (χ2v) is 5.96. The van der Waals surface area contributed by atoms with Crippen LogP contribution in [-0.4, -0.2) is 29.2 Å². The summed E-state index contributed by atoms with van der Waals surface area (Å²) < 4.78 is 0. The average molecular weight is 253 g/mol. The van der Waals surface area contributed by atoms with Gasteiger partial charge in [0.1, 0.15) is 0 Å². The molecule has 2 aliphatic rings. The van der Waals surface area contributed by atoms with Crippen LogP contribution in [0.3, 0.4) is 0 Å². The van der Waals surface area contributed by atoms with Crippen LogP contribution in [0.2, 0.25) is 0 Å². The molecule has 2 amide bonds. The predicted molar refractivity (Wildman–Crippen MR) is 73.2 cm³/mol. The maximum Gasteiger partial charge on any atom is 0.329 e. The minimum absolute atomic E-state index is 0.0116. The first-order chi connectivity index (χ1) is 8.66. The van der Waals surface area contributed by atoms with Crippen LogP contribution in [0.15, 0.2) is 0 Å². The molecule has 0 bridgehead atoms. The lowest BCUT2D eigenvalue weighted by Gasteiger charge is -2.39. The number of hydrazine groups is 1. The first-order valence-electron chi connectivity index (χ1n) is 7.52. The number of carbonyl (C=O) groups excluding carboxylic acids is 1. The van der Waals surface area contributed by atoms with Crippen molar-refractivity contribution < 1.29 is 4.79 Å². The molecule has 2 N–H and O–H groups in total. The van der Waals surface area contributed by atoms with Gasteiger partial charge in [0.2, 0.25) is 0 Å². The first kappa shape index (κ1) is 13.7. The summed E-state index contributed by atoms with van der Waals surface area (Å²) in [6.45, 7) is 4.38. The third kappa shape index (κ3) is 3.61. The van der Waals surface area contributed by atoms with Crippen molar-refractivity contribution in [3.63, 3.8) is 0 Å². The summed E-state index contributed by atoms with van der Waals surface area (Å²) >= 11 is 0. The van der Waals surface area contributed by atoms with Gasteiger partial charge in [-0.2, -0.15) is 0 Å². The molecule has 0 radical (unpaired) electrons. The van der Waals surface area contributed by atoms with E-state index in [1.54, 1.807) is 0 Å². The summed E-state index contributed by atoms with van der Waals surface area (Å²) in [5, 5.41) is 5.24. The molecule has 1 saturated heterocycles. The van der Waals surface area contributed by atoms with Gasteiger partial charge in [-0.25, -0.2) is 9.80 Å². The Kier molecular flexibility index (Phi) is 4.87. The van der Waals surface area contributed by atoms with E-state index in [4.69, 9.17) is 0 Å². The van der Waals surface area contributed by atoms with Crippen LogP contribution < -0.4 is 10.7 Å². The van der Waals surface area contributed by atoms with E-state index in [-0.39, 0.29) is 6.03 Å². The van der Waals surface area contributed by atoms with Crippen molar-refractivity contribution in [3.8, 4) is 0 Å². The van der Waals surface area contributed by atoms with Gasteiger partial charge >= 0.3 is 6.03 Å². The van der Waals surface area contributed by atoms with Crippen molar-refractivity contribution >= 4 is 6.03 Å². The summed E-state index contributed by atoms with van der Waals surface area (Å²) in [5.74, 6) is 0. The molecule has 0 spiro atoms. The van der Waals surface area contributed by atoms with E-state index in [1.165, 1.54) is 38.5 Å². The highest BCUT2D eigenvalue weighted by Gasteiger charge is 2.26. The van der Waals surface area contributed by atoms with Gasteiger partial charge in [-0.05, 0) is 39.5 Å². The minimum atomic E-state index is -0.0116. The van der Waals surface area contributed by atoms with Gasteiger partial charge in [-0.1, -0.05) is 25.7 Å². The number of amides is 2.